The Bertz CT molecular complexity index is 330. The molecule has 0 saturated carbocycles. The van der Waals surface area contributed by atoms with Crippen molar-refractivity contribution in [3.8, 4) is 0 Å². The van der Waals surface area contributed by atoms with Gasteiger partial charge in [-0.1, -0.05) is 40.0 Å². The summed E-state index contributed by atoms with van der Waals surface area (Å²) in [6, 6.07) is -0.284. The van der Waals surface area contributed by atoms with Crippen molar-refractivity contribution in [1.29, 1.82) is 0 Å². The van der Waals surface area contributed by atoms with E-state index in [1.807, 2.05) is 20.8 Å². The molecular weight excluding hydrogens is 240 g/mol. The molecule has 0 aromatic rings. The molecule has 1 saturated heterocycles. The monoisotopic (exact) mass is 268 g/mol. The molecule has 1 rings (SSSR count). The highest BCUT2D eigenvalue weighted by Crippen LogP contribution is 2.23. The molecule has 0 radical (unpaired) electrons. The van der Waals surface area contributed by atoms with Gasteiger partial charge in [-0.15, -0.1) is 0 Å². The van der Waals surface area contributed by atoms with E-state index < -0.39 is 5.54 Å². The third-order valence-electron chi connectivity index (χ3n) is 4.16. The SMILES string of the molecule is CCCCCCN1C(=O)C(C)(CC)NC(=O)C1CC. The topological polar surface area (TPSA) is 49.4 Å². The summed E-state index contributed by atoms with van der Waals surface area (Å²) in [5.41, 5.74) is -0.715. The quantitative estimate of drug-likeness (QED) is 0.721. The Morgan fingerprint density at radius 2 is 1.84 bits per heavy atom. The van der Waals surface area contributed by atoms with Crippen molar-refractivity contribution in [2.24, 2.45) is 0 Å². The summed E-state index contributed by atoms with van der Waals surface area (Å²) in [4.78, 5) is 26.5. The van der Waals surface area contributed by atoms with Gasteiger partial charge in [-0.3, -0.25) is 9.59 Å². The Balaban J connectivity index is 2.75. The summed E-state index contributed by atoms with van der Waals surface area (Å²) in [6.07, 6.45) is 5.81. The molecule has 0 spiro atoms. The molecule has 0 aromatic carbocycles. The minimum absolute atomic E-state index is 0.00180. The van der Waals surface area contributed by atoms with Gasteiger partial charge in [-0.05, 0) is 26.2 Å². The van der Waals surface area contributed by atoms with Gasteiger partial charge >= 0.3 is 0 Å². The Morgan fingerprint density at radius 3 is 2.37 bits per heavy atom. The Hall–Kier alpha value is -1.06. The average Bonchev–Trinajstić information content (AvgIpc) is 2.40. The van der Waals surface area contributed by atoms with Gasteiger partial charge in [0, 0.05) is 6.54 Å². The molecule has 4 nitrogen and oxygen atoms in total. The largest absolute Gasteiger partial charge is 0.340 e. The number of amides is 2. The molecule has 110 valence electrons. The maximum atomic E-state index is 12.6. The van der Waals surface area contributed by atoms with Crippen molar-refractivity contribution in [3.05, 3.63) is 0 Å². The second kappa shape index (κ2) is 6.92. The maximum absolute atomic E-state index is 12.6. The highest BCUT2D eigenvalue weighted by atomic mass is 16.2. The number of hydrogen-bond acceptors (Lipinski definition) is 2. The summed E-state index contributed by atoms with van der Waals surface area (Å²) in [7, 11) is 0. The molecule has 1 aliphatic rings. The highest BCUT2D eigenvalue weighted by Gasteiger charge is 2.45. The number of carbonyl (C=O) groups is 2. The van der Waals surface area contributed by atoms with Crippen LogP contribution in [0.1, 0.15) is 66.2 Å². The van der Waals surface area contributed by atoms with E-state index in [-0.39, 0.29) is 17.9 Å². The van der Waals surface area contributed by atoms with E-state index in [9.17, 15) is 9.59 Å². The fraction of sp³-hybridized carbons (Fsp3) is 0.867. The number of rotatable bonds is 7. The molecule has 1 fully saturated rings. The molecule has 0 bridgehead atoms. The fourth-order valence-electron chi connectivity index (χ4n) is 2.62. The zero-order valence-corrected chi connectivity index (χ0v) is 12.8. The van der Waals surface area contributed by atoms with Crippen LogP contribution in [0.15, 0.2) is 0 Å². The van der Waals surface area contributed by atoms with E-state index in [4.69, 9.17) is 0 Å². The van der Waals surface area contributed by atoms with Crippen LogP contribution in [0.5, 0.6) is 0 Å². The first-order valence-electron chi connectivity index (χ1n) is 7.63. The fourth-order valence-corrected chi connectivity index (χ4v) is 2.62. The summed E-state index contributed by atoms with van der Waals surface area (Å²) >= 11 is 0. The Kier molecular flexibility index (Phi) is 5.83. The van der Waals surface area contributed by atoms with Crippen LogP contribution in [0, 0.1) is 0 Å². The van der Waals surface area contributed by atoms with Gasteiger partial charge in [0.15, 0.2) is 0 Å². The van der Waals surface area contributed by atoms with Crippen LogP contribution in [-0.2, 0) is 9.59 Å². The predicted molar refractivity (Wildman–Crippen MR) is 76.8 cm³/mol. The van der Waals surface area contributed by atoms with Crippen LogP contribution in [0.25, 0.3) is 0 Å². The number of carbonyl (C=O) groups excluding carboxylic acids is 2. The van der Waals surface area contributed by atoms with Crippen LogP contribution in [0.3, 0.4) is 0 Å². The minimum Gasteiger partial charge on any atom is -0.340 e. The summed E-state index contributed by atoms with van der Waals surface area (Å²) in [6.45, 7) is 8.62. The van der Waals surface area contributed by atoms with E-state index in [1.165, 1.54) is 12.8 Å². The first kappa shape index (κ1) is 16.0. The van der Waals surface area contributed by atoms with Crippen molar-refractivity contribution in [3.63, 3.8) is 0 Å². The Morgan fingerprint density at radius 1 is 1.16 bits per heavy atom. The Labute approximate surface area is 116 Å². The lowest BCUT2D eigenvalue weighted by Gasteiger charge is -2.44. The molecule has 1 aliphatic heterocycles. The lowest BCUT2D eigenvalue weighted by atomic mass is 9.91. The predicted octanol–water partition coefficient (Wildman–Crippen LogP) is 2.47. The summed E-state index contributed by atoms with van der Waals surface area (Å²) in [5.74, 6) is 0.0832. The molecular formula is C15H28N2O2. The van der Waals surface area contributed by atoms with Crippen LogP contribution >= 0.6 is 0 Å². The standard InChI is InChI=1S/C15H28N2O2/c1-5-8-9-10-11-17-12(6-2)13(18)16-15(4,7-3)14(17)19/h12H,5-11H2,1-4H3,(H,16,18). The average molecular weight is 268 g/mol. The second-order valence-corrected chi connectivity index (χ2v) is 5.66. The molecule has 19 heavy (non-hydrogen) atoms. The van der Waals surface area contributed by atoms with Gasteiger partial charge in [0.05, 0.1) is 0 Å². The van der Waals surface area contributed by atoms with E-state index in [0.29, 0.717) is 19.4 Å². The van der Waals surface area contributed by atoms with Crippen LogP contribution < -0.4 is 5.32 Å². The number of hydrogen-bond donors (Lipinski definition) is 1. The van der Waals surface area contributed by atoms with Crippen molar-refractivity contribution < 1.29 is 9.59 Å². The van der Waals surface area contributed by atoms with E-state index in [2.05, 4.69) is 12.2 Å². The molecule has 2 amide bonds. The molecule has 0 aromatic heterocycles. The van der Waals surface area contributed by atoms with Gasteiger partial charge in [-0.25, -0.2) is 0 Å². The van der Waals surface area contributed by atoms with Crippen molar-refractivity contribution in [1.82, 2.24) is 10.2 Å². The first-order valence-corrected chi connectivity index (χ1v) is 7.63. The van der Waals surface area contributed by atoms with E-state index >= 15 is 0 Å². The van der Waals surface area contributed by atoms with E-state index in [0.717, 1.165) is 12.8 Å². The molecule has 0 aliphatic carbocycles. The third kappa shape index (κ3) is 3.48. The molecule has 1 N–H and O–H groups in total. The zero-order chi connectivity index (χ0) is 14.5. The minimum atomic E-state index is -0.715. The molecule has 2 unspecified atom stereocenters. The first-order chi connectivity index (χ1) is 9.00. The third-order valence-corrected chi connectivity index (χ3v) is 4.16. The van der Waals surface area contributed by atoms with Crippen LogP contribution in [0.4, 0.5) is 0 Å². The van der Waals surface area contributed by atoms with Gasteiger partial charge in [0.25, 0.3) is 0 Å². The normalized spacial score (nSPS) is 27.6. The summed E-state index contributed by atoms with van der Waals surface area (Å²) < 4.78 is 0. The highest BCUT2D eigenvalue weighted by molar-refractivity contribution is 5.99. The molecule has 4 heteroatoms. The van der Waals surface area contributed by atoms with Crippen molar-refractivity contribution in [2.75, 3.05) is 6.54 Å². The molecule has 2 atom stereocenters. The maximum Gasteiger partial charge on any atom is 0.248 e. The lowest BCUT2D eigenvalue weighted by Crippen LogP contribution is -2.68. The van der Waals surface area contributed by atoms with Crippen molar-refractivity contribution >= 4 is 11.8 Å². The smallest absolute Gasteiger partial charge is 0.248 e. The van der Waals surface area contributed by atoms with Gasteiger partial charge in [0.2, 0.25) is 11.8 Å². The number of piperazine rings is 1. The number of unbranched alkanes of at least 4 members (excludes halogenated alkanes) is 3. The van der Waals surface area contributed by atoms with Crippen LogP contribution in [0.2, 0.25) is 0 Å². The number of nitrogens with zero attached hydrogens (tertiary/aromatic N) is 1. The van der Waals surface area contributed by atoms with E-state index in [1.54, 1.807) is 4.90 Å². The van der Waals surface area contributed by atoms with Gasteiger partial charge < -0.3 is 10.2 Å². The van der Waals surface area contributed by atoms with Crippen molar-refractivity contribution in [2.45, 2.75) is 77.8 Å². The van der Waals surface area contributed by atoms with Gasteiger partial charge in [-0.2, -0.15) is 0 Å². The lowest BCUT2D eigenvalue weighted by molar-refractivity contribution is -0.154. The number of nitrogens with one attached hydrogen (secondary N) is 1. The second-order valence-electron chi connectivity index (χ2n) is 5.66. The zero-order valence-electron chi connectivity index (χ0n) is 12.8. The molecule has 1 heterocycles. The summed E-state index contributed by atoms with van der Waals surface area (Å²) in [5, 5.41) is 2.89. The van der Waals surface area contributed by atoms with Crippen LogP contribution in [-0.4, -0.2) is 34.8 Å². The van der Waals surface area contributed by atoms with Gasteiger partial charge in [0.1, 0.15) is 11.6 Å².